The zero-order valence-corrected chi connectivity index (χ0v) is 10.5. The van der Waals surface area contributed by atoms with Crippen LogP contribution in [0.3, 0.4) is 0 Å². The molecule has 0 aromatic heterocycles. The second-order valence-electron chi connectivity index (χ2n) is 3.97. The monoisotopic (exact) mass is 234 g/mol. The molecule has 0 amide bonds. The Morgan fingerprint density at radius 2 is 1.82 bits per heavy atom. The SMILES string of the molecule is COc1ccc(OCC(CC#N)N(C)C)cc1. The number of likely N-dealkylation sites (N-methyl/N-ethyl adjacent to an activating group) is 1. The lowest BCUT2D eigenvalue weighted by atomic mass is 10.2. The van der Waals surface area contributed by atoms with Gasteiger partial charge in [-0.25, -0.2) is 0 Å². The molecule has 0 radical (unpaired) electrons. The van der Waals surface area contributed by atoms with Gasteiger partial charge in [-0.1, -0.05) is 0 Å². The second kappa shape index (κ2) is 6.77. The fourth-order valence-electron chi connectivity index (χ4n) is 1.36. The standard InChI is InChI=1S/C13H18N2O2/c1-15(2)11(8-9-14)10-17-13-6-4-12(16-3)5-7-13/h4-7,11H,8,10H2,1-3H3. The predicted molar refractivity (Wildman–Crippen MR) is 66.2 cm³/mol. The third-order valence-corrected chi connectivity index (χ3v) is 2.56. The van der Waals surface area contributed by atoms with Gasteiger partial charge in [0.15, 0.2) is 0 Å². The first-order valence-corrected chi connectivity index (χ1v) is 5.47. The van der Waals surface area contributed by atoms with Crippen LogP contribution in [0.1, 0.15) is 6.42 Å². The van der Waals surface area contributed by atoms with Gasteiger partial charge in [-0.15, -0.1) is 0 Å². The first-order valence-electron chi connectivity index (χ1n) is 5.47. The van der Waals surface area contributed by atoms with Crippen LogP contribution in [0.2, 0.25) is 0 Å². The van der Waals surface area contributed by atoms with Gasteiger partial charge in [0, 0.05) is 0 Å². The summed E-state index contributed by atoms with van der Waals surface area (Å²) in [7, 11) is 5.52. The highest BCUT2D eigenvalue weighted by atomic mass is 16.5. The van der Waals surface area contributed by atoms with Crippen molar-refractivity contribution in [3.63, 3.8) is 0 Å². The molecule has 92 valence electrons. The Morgan fingerprint density at radius 1 is 1.24 bits per heavy atom. The Balaban J connectivity index is 2.50. The molecular weight excluding hydrogens is 216 g/mol. The average molecular weight is 234 g/mol. The van der Waals surface area contributed by atoms with Crippen molar-refractivity contribution in [3.05, 3.63) is 24.3 Å². The zero-order chi connectivity index (χ0) is 12.7. The van der Waals surface area contributed by atoms with Crippen LogP contribution in [0, 0.1) is 11.3 Å². The highest BCUT2D eigenvalue weighted by molar-refractivity contribution is 5.31. The molecule has 0 aliphatic carbocycles. The molecule has 0 heterocycles. The minimum absolute atomic E-state index is 0.113. The first kappa shape index (κ1) is 13.3. The van der Waals surface area contributed by atoms with Crippen molar-refractivity contribution in [3.8, 4) is 17.6 Å². The average Bonchev–Trinajstić information content (AvgIpc) is 2.34. The Kier molecular flexibility index (Phi) is 5.31. The van der Waals surface area contributed by atoms with Crippen molar-refractivity contribution < 1.29 is 9.47 Å². The van der Waals surface area contributed by atoms with Crippen molar-refractivity contribution in [2.75, 3.05) is 27.8 Å². The van der Waals surface area contributed by atoms with E-state index in [0.29, 0.717) is 13.0 Å². The molecule has 0 saturated carbocycles. The molecule has 0 saturated heterocycles. The topological polar surface area (TPSA) is 45.5 Å². The Bertz CT molecular complexity index is 368. The van der Waals surface area contributed by atoms with E-state index >= 15 is 0 Å². The molecule has 1 aromatic rings. The molecule has 0 spiro atoms. The van der Waals surface area contributed by atoms with Gasteiger partial charge in [0.25, 0.3) is 0 Å². The van der Waals surface area contributed by atoms with Crippen molar-refractivity contribution in [2.24, 2.45) is 0 Å². The molecule has 17 heavy (non-hydrogen) atoms. The predicted octanol–water partition coefficient (Wildman–Crippen LogP) is 1.92. The number of hydrogen-bond donors (Lipinski definition) is 0. The lowest BCUT2D eigenvalue weighted by Gasteiger charge is -2.21. The summed E-state index contributed by atoms with van der Waals surface area (Å²) in [6.07, 6.45) is 0.461. The van der Waals surface area contributed by atoms with Crippen LogP contribution in [0.15, 0.2) is 24.3 Å². The molecule has 0 N–H and O–H groups in total. The van der Waals surface area contributed by atoms with Gasteiger partial charge < -0.3 is 14.4 Å². The van der Waals surface area contributed by atoms with E-state index in [4.69, 9.17) is 14.7 Å². The van der Waals surface area contributed by atoms with E-state index in [-0.39, 0.29) is 6.04 Å². The molecule has 0 aliphatic heterocycles. The summed E-state index contributed by atoms with van der Waals surface area (Å²) in [5.74, 6) is 1.59. The van der Waals surface area contributed by atoms with Gasteiger partial charge in [0.1, 0.15) is 18.1 Å². The molecule has 4 heteroatoms. The third-order valence-electron chi connectivity index (χ3n) is 2.56. The van der Waals surface area contributed by atoms with E-state index in [0.717, 1.165) is 11.5 Å². The summed E-state index contributed by atoms with van der Waals surface area (Å²) < 4.78 is 10.7. The summed E-state index contributed by atoms with van der Waals surface area (Å²) in [6, 6.07) is 9.70. The van der Waals surface area contributed by atoms with Gasteiger partial charge in [-0.3, -0.25) is 0 Å². The molecule has 1 unspecified atom stereocenters. The maximum atomic E-state index is 8.70. The van der Waals surface area contributed by atoms with E-state index in [1.54, 1.807) is 7.11 Å². The normalized spacial score (nSPS) is 11.9. The minimum atomic E-state index is 0.113. The summed E-state index contributed by atoms with van der Waals surface area (Å²) in [6.45, 7) is 0.507. The van der Waals surface area contributed by atoms with Crippen LogP contribution >= 0.6 is 0 Å². The first-order chi connectivity index (χ1) is 8.17. The molecule has 1 aromatic carbocycles. The fraction of sp³-hybridized carbons (Fsp3) is 0.462. The summed E-state index contributed by atoms with van der Waals surface area (Å²) in [5, 5.41) is 8.70. The summed E-state index contributed by atoms with van der Waals surface area (Å²) in [4.78, 5) is 1.99. The van der Waals surface area contributed by atoms with Gasteiger partial charge in [-0.05, 0) is 38.4 Å². The number of methoxy groups -OCH3 is 1. The highest BCUT2D eigenvalue weighted by Gasteiger charge is 2.11. The van der Waals surface area contributed by atoms with E-state index in [2.05, 4.69) is 6.07 Å². The molecule has 4 nitrogen and oxygen atoms in total. The smallest absolute Gasteiger partial charge is 0.119 e. The minimum Gasteiger partial charge on any atom is -0.497 e. The molecule has 0 fully saturated rings. The number of hydrogen-bond acceptors (Lipinski definition) is 4. The van der Waals surface area contributed by atoms with Crippen LogP contribution in [0.4, 0.5) is 0 Å². The van der Waals surface area contributed by atoms with E-state index in [9.17, 15) is 0 Å². The van der Waals surface area contributed by atoms with E-state index < -0.39 is 0 Å². The Labute approximate surface area is 102 Å². The van der Waals surface area contributed by atoms with Crippen molar-refractivity contribution >= 4 is 0 Å². The van der Waals surface area contributed by atoms with Crippen LogP contribution in [0.25, 0.3) is 0 Å². The van der Waals surface area contributed by atoms with Gasteiger partial charge >= 0.3 is 0 Å². The number of benzene rings is 1. The number of nitriles is 1. The fourth-order valence-corrected chi connectivity index (χ4v) is 1.36. The van der Waals surface area contributed by atoms with Crippen molar-refractivity contribution in [2.45, 2.75) is 12.5 Å². The molecule has 1 atom stereocenters. The second-order valence-corrected chi connectivity index (χ2v) is 3.97. The van der Waals surface area contributed by atoms with Crippen molar-refractivity contribution in [1.29, 1.82) is 5.26 Å². The summed E-state index contributed by atoms with van der Waals surface area (Å²) in [5.41, 5.74) is 0. The van der Waals surface area contributed by atoms with Gasteiger partial charge in [-0.2, -0.15) is 5.26 Å². The lowest BCUT2D eigenvalue weighted by Crippen LogP contribution is -2.33. The number of nitrogens with zero attached hydrogens (tertiary/aromatic N) is 2. The third kappa shape index (κ3) is 4.33. The Morgan fingerprint density at radius 3 is 2.29 bits per heavy atom. The maximum Gasteiger partial charge on any atom is 0.119 e. The van der Waals surface area contributed by atoms with E-state index in [1.807, 2.05) is 43.3 Å². The molecule has 1 rings (SSSR count). The van der Waals surface area contributed by atoms with Gasteiger partial charge in [0.05, 0.1) is 25.6 Å². The largest absolute Gasteiger partial charge is 0.497 e. The Hall–Kier alpha value is -1.73. The molecule has 0 bridgehead atoms. The van der Waals surface area contributed by atoms with Crippen LogP contribution < -0.4 is 9.47 Å². The van der Waals surface area contributed by atoms with Crippen LogP contribution in [-0.4, -0.2) is 38.8 Å². The van der Waals surface area contributed by atoms with Crippen molar-refractivity contribution in [1.82, 2.24) is 4.90 Å². The van der Waals surface area contributed by atoms with Gasteiger partial charge in [0.2, 0.25) is 0 Å². The molecule has 0 aliphatic rings. The zero-order valence-electron chi connectivity index (χ0n) is 10.5. The summed E-state index contributed by atoms with van der Waals surface area (Å²) >= 11 is 0. The highest BCUT2D eigenvalue weighted by Crippen LogP contribution is 2.17. The van der Waals surface area contributed by atoms with Crippen LogP contribution in [-0.2, 0) is 0 Å². The molecular formula is C13H18N2O2. The maximum absolute atomic E-state index is 8.70. The van der Waals surface area contributed by atoms with E-state index in [1.165, 1.54) is 0 Å². The number of ether oxygens (including phenoxy) is 2. The number of rotatable bonds is 6. The van der Waals surface area contributed by atoms with Crippen LogP contribution in [0.5, 0.6) is 11.5 Å². The lowest BCUT2D eigenvalue weighted by molar-refractivity contribution is 0.188. The quantitative estimate of drug-likeness (QED) is 0.754.